The van der Waals surface area contributed by atoms with Gasteiger partial charge in [-0.2, -0.15) is 0 Å². The molecule has 4 nitrogen and oxygen atoms in total. The van der Waals surface area contributed by atoms with E-state index < -0.39 is 0 Å². The van der Waals surface area contributed by atoms with Gasteiger partial charge < -0.3 is 5.32 Å². The van der Waals surface area contributed by atoms with Crippen molar-refractivity contribution in [2.24, 2.45) is 0 Å². The van der Waals surface area contributed by atoms with Crippen molar-refractivity contribution in [2.45, 2.75) is 45.2 Å². The van der Waals surface area contributed by atoms with Gasteiger partial charge in [-0.3, -0.25) is 9.88 Å². The fourth-order valence-corrected chi connectivity index (χ4v) is 2.50. The van der Waals surface area contributed by atoms with Crippen LogP contribution in [0.3, 0.4) is 0 Å². The monoisotopic (exact) mass is 234 g/mol. The molecule has 0 amide bonds. The van der Waals surface area contributed by atoms with E-state index in [2.05, 4.69) is 27.1 Å². The maximum atomic E-state index is 4.45. The van der Waals surface area contributed by atoms with E-state index in [1.54, 1.807) is 6.20 Å². The average molecular weight is 234 g/mol. The van der Waals surface area contributed by atoms with Crippen LogP contribution in [0.25, 0.3) is 0 Å². The first-order chi connectivity index (χ1) is 8.33. The van der Waals surface area contributed by atoms with Gasteiger partial charge >= 0.3 is 0 Å². The van der Waals surface area contributed by atoms with Crippen LogP contribution >= 0.6 is 0 Å². The zero-order chi connectivity index (χ0) is 12.1. The van der Waals surface area contributed by atoms with E-state index in [1.165, 1.54) is 32.2 Å². The van der Waals surface area contributed by atoms with Crippen molar-refractivity contribution in [1.82, 2.24) is 14.9 Å². The normalized spacial score (nSPS) is 21.4. The summed E-state index contributed by atoms with van der Waals surface area (Å²) in [6.07, 6.45) is 8.95. The third kappa shape index (κ3) is 3.16. The van der Waals surface area contributed by atoms with Gasteiger partial charge in [0.2, 0.25) is 0 Å². The molecule has 0 aliphatic carbocycles. The van der Waals surface area contributed by atoms with E-state index in [4.69, 9.17) is 0 Å². The molecule has 1 atom stereocenters. The molecule has 0 bridgehead atoms. The van der Waals surface area contributed by atoms with Crippen LogP contribution in [0.5, 0.6) is 0 Å². The summed E-state index contributed by atoms with van der Waals surface area (Å²) in [5, 5.41) is 2.99. The fourth-order valence-electron chi connectivity index (χ4n) is 2.50. The Kier molecular flexibility index (Phi) is 4.31. The molecule has 17 heavy (non-hydrogen) atoms. The highest BCUT2D eigenvalue weighted by Crippen LogP contribution is 2.21. The van der Waals surface area contributed by atoms with Crippen LogP contribution in [0.1, 0.15) is 38.3 Å². The van der Waals surface area contributed by atoms with E-state index in [0.29, 0.717) is 0 Å². The minimum absolute atomic E-state index is 0.731. The van der Waals surface area contributed by atoms with Gasteiger partial charge in [0.15, 0.2) is 0 Å². The number of anilines is 1. The van der Waals surface area contributed by atoms with E-state index in [9.17, 15) is 0 Å². The first kappa shape index (κ1) is 12.3. The SMILES string of the molecule is CCC1CCCCN1Cc1cnc(NC)cn1. The molecular weight excluding hydrogens is 212 g/mol. The molecule has 1 aliphatic heterocycles. The summed E-state index contributed by atoms with van der Waals surface area (Å²) in [7, 11) is 1.86. The molecular formula is C13H22N4. The van der Waals surface area contributed by atoms with Gasteiger partial charge in [-0.25, -0.2) is 4.98 Å². The van der Waals surface area contributed by atoms with Crippen molar-refractivity contribution < 1.29 is 0 Å². The van der Waals surface area contributed by atoms with Crippen LogP contribution in [0, 0.1) is 0 Å². The summed E-state index contributed by atoms with van der Waals surface area (Å²) >= 11 is 0. The second-order valence-electron chi connectivity index (χ2n) is 4.67. The minimum atomic E-state index is 0.731. The Hall–Kier alpha value is -1.16. The van der Waals surface area contributed by atoms with Crippen LogP contribution in [0.2, 0.25) is 0 Å². The number of nitrogens with one attached hydrogen (secondary N) is 1. The largest absolute Gasteiger partial charge is 0.372 e. The third-order valence-electron chi connectivity index (χ3n) is 3.55. The van der Waals surface area contributed by atoms with Crippen LogP contribution in [0.15, 0.2) is 12.4 Å². The molecule has 1 unspecified atom stereocenters. The predicted molar refractivity (Wildman–Crippen MR) is 69.9 cm³/mol. The summed E-state index contributed by atoms with van der Waals surface area (Å²) in [6.45, 7) is 4.42. The number of nitrogens with zero attached hydrogens (tertiary/aromatic N) is 3. The topological polar surface area (TPSA) is 41.1 Å². The molecule has 0 aromatic carbocycles. The number of hydrogen-bond acceptors (Lipinski definition) is 4. The number of rotatable bonds is 4. The van der Waals surface area contributed by atoms with Gasteiger partial charge in [-0.15, -0.1) is 0 Å². The zero-order valence-corrected chi connectivity index (χ0v) is 10.8. The highest BCUT2D eigenvalue weighted by molar-refractivity contribution is 5.29. The lowest BCUT2D eigenvalue weighted by molar-refractivity contribution is 0.134. The highest BCUT2D eigenvalue weighted by Gasteiger charge is 2.20. The van der Waals surface area contributed by atoms with Gasteiger partial charge in [0.1, 0.15) is 5.82 Å². The number of likely N-dealkylation sites (tertiary alicyclic amines) is 1. The van der Waals surface area contributed by atoms with E-state index >= 15 is 0 Å². The molecule has 1 aromatic heterocycles. The molecule has 1 aliphatic rings. The summed E-state index contributed by atoms with van der Waals surface area (Å²) < 4.78 is 0. The molecule has 2 heterocycles. The first-order valence-electron chi connectivity index (χ1n) is 6.56. The second-order valence-corrected chi connectivity index (χ2v) is 4.67. The highest BCUT2D eigenvalue weighted by atomic mass is 15.2. The lowest BCUT2D eigenvalue weighted by Gasteiger charge is -2.34. The molecule has 2 rings (SSSR count). The minimum Gasteiger partial charge on any atom is -0.372 e. The summed E-state index contributed by atoms with van der Waals surface area (Å²) in [5.74, 6) is 0.833. The van der Waals surface area contributed by atoms with Gasteiger partial charge in [0.05, 0.1) is 18.1 Å². The third-order valence-corrected chi connectivity index (χ3v) is 3.55. The molecule has 1 saturated heterocycles. The predicted octanol–water partition coefficient (Wildman–Crippen LogP) is 2.28. The lowest BCUT2D eigenvalue weighted by atomic mass is 10.00. The molecule has 0 spiro atoms. The van der Waals surface area contributed by atoms with Gasteiger partial charge in [-0.05, 0) is 25.8 Å². The lowest BCUT2D eigenvalue weighted by Crippen LogP contribution is -2.38. The Labute approximate surface area is 103 Å². The Morgan fingerprint density at radius 3 is 2.88 bits per heavy atom. The summed E-state index contributed by atoms with van der Waals surface area (Å²) in [4.78, 5) is 11.3. The molecule has 0 radical (unpaired) electrons. The molecule has 1 N–H and O–H groups in total. The average Bonchev–Trinajstić information content (AvgIpc) is 2.40. The zero-order valence-electron chi connectivity index (χ0n) is 10.8. The van der Waals surface area contributed by atoms with Gasteiger partial charge in [-0.1, -0.05) is 13.3 Å². The van der Waals surface area contributed by atoms with Crippen molar-refractivity contribution in [3.63, 3.8) is 0 Å². The fraction of sp³-hybridized carbons (Fsp3) is 0.692. The Morgan fingerprint density at radius 1 is 1.35 bits per heavy atom. The molecule has 1 aromatic rings. The maximum absolute atomic E-state index is 4.45. The van der Waals surface area contributed by atoms with Gasteiger partial charge in [0, 0.05) is 19.6 Å². The van der Waals surface area contributed by atoms with Crippen molar-refractivity contribution in [3.05, 3.63) is 18.1 Å². The van der Waals surface area contributed by atoms with Crippen LogP contribution in [0.4, 0.5) is 5.82 Å². The van der Waals surface area contributed by atoms with E-state index in [0.717, 1.165) is 24.1 Å². The van der Waals surface area contributed by atoms with E-state index in [1.807, 2.05) is 13.2 Å². The van der Waals surface area contributed by atoms with Crippen LogP contribution in [-0.4, -0.2) is 34.5 Å². The Balaban J connectivity index is 1.98. The molecule has 1 fully saturated rings. The van der Waals surface area contributed by atoms with Crippen LogP contribution < -0.4 is 5.32 Å². The Bertz CT molecular complexity index is 336. The standard InChI is InChI=1S/C13H22N4/c1-3-12-6-4-5-7-17(12)10-11-8-16-13(14-2)9-15-11/h8-9,12H,3-7,10H2,1-2H3,(H,14,16). The van der Waals surface area contributed by atoms with E-state index in [-0.39, 0.29) is 0 Å². The summed E-state index contributed by atoms with van der Waals surface area (Å²) in [6, 6.07) is 0.731. The van der Waals surface area contributed by atoms with Crippen molar-refractivity contribution in [2.75, 3.05) is 18.9 Å². The van der Waals surface area contributed by atoms with Gasteiger partial charge in [0.25, 0.3) is 0 Å². The molecule has 4 heteroatoms. The maximum Gasteiger partial charge on any atom is 0.144 e. The smallest absolute Gasteiger partial charge is 0.144 e. The Morgan fingerprint density at radius 2 is 2.24 bits per heavy atom. The number of hydrogen-bond donors (Lipinski definition) is 1. The van der Waals surface area contributed by atoms with Crippen molar-refractivity contribution >= 4 is 5.82 Å². The summed E-state index contributed by atoms with van der Waals surface area (Å²) in [5.41, 5.74) is 1.07. The second kappa shape index (κ2) is 5.96. The molecule has 0 saturated carbocycles. The number of piperidine rings is 1. The van der Waals surface area contributed by atoms with Crippen LogP contribution in [-0.2, 0) is 6.54 Å². The quantitative estimate of drug-likeness (QED) is 0.867. The van der Waals surface area contributed by atoms with Crippen molar-refractivity contribution in [3.8, 4) is 0 Å². The molecule has 94 valence electrons. The van der Waals surface area contributed by atoms with Crippen molar-refractivity contribution in [1.29, 1.82) is 0 Å². The number of aromatic nitrogens is 2. The first-order valence-corrected chi connectivity index (χ1v) is 6.56.